The maximum Gasteiger partial charge on any atom is 0.329 e. The van der Waals surface area contributed by atoms with E-state index in [4.69, 9.17) is 15.0 Å². The minimum absolute atomic E-state index is 0.159. The van der Waals surface area contributed by atoms with Gasteiger partial charge in [-0.15, -0.1) is 0 Å². The third kappa shape index (κ3) is 7.31. The third-order valence-electron chi connectivity index (χ3n) is 7.44. The zero-order valence-corrected chi connectivity index (χ0v) is 22.0. The second-order valence-corrected chi connectivity index (χ2v) is 9.64. The molecule has 3 N–H and O–H groups in total. The first-order valence-electron chi connectivity index (χ1n) is 12.4. The Morgan fingerprint density at radius 2 is 1.80 bits per heavy atom. The number of nitrogens with two attached hydrogens (primary N) is 1. The van der Waals surface area contributed by atoms with Crippen LogP contribution in [0.15, 0.2) is 45.3 Å². The Bertz CT molecular complexity index is 937. The molecule has 2 amide bonds. The zero-order valence-electron chi connectivity index (χ0n) is 22.0. The smallest absolute Gasteiger partial charge is 0.329 e. The number of carbonyl (C=O) groups is 3. The number of unbranched alkanes of at least 4 members (excludes halogenated alkanes) is 1. The van der Waals surface area contributed by atoms with E-state index in [1.165, 1.54) is 29.2 Å². The molecule has 0 aromatic carbocycles. The number of carbonyl (C=O) groups excluding carboxylic acids is 3. The topological polar surface area (TPSA) is 115 Å². The molecular formula is C27H41N3O5. The summed E-state index contributed by atoms with van der Waals surface area (Å²) in [5.74, 6) is -1.24. The lowest BCUT2D eigenvalue weighted by Crippen LogP contribution is -2.49. The van der Waals surface area contributed by atoms with Crippen molar-refractivity contribution >= 4 is 17.8 Å². The van der Waals surface area contributed by atoms with Crippen LogP contribution in [0.25, 0.3) is 0 Å². The van der Waals surface area contributed by atoms with E-state index in [0.717, 1.165) is 17.0 Å². The van der Waals surface area contributed by atoms with Gasteiger partial charge in [-0.2, -0.15) is 5.06 Å². The second-order valence-electron chi connectivity index (χ2n) is 9.64. The highest BCUT2D eigenvalue weighted by atomic mass is 16.7. The van der Waals surface area contributed by atoms with Crippen molar-refractivity contribution in [1.29, 1.82) is 0 Å². The second kappa shape index (κ2) is 12.7. The van der Waals surface area contributed by atoms with Crippen molar-refractivity contribution in [2.24, 2.45) is 11.1 Å². The van der Waals surface area contributed by atoms with Gasteiger partial charge in [-0.1, -0.05) is 18.1 Å². The van der Waals surface area contributed by atoms with Crippen LogP contribution in [0, 0.1) is 5.41 Å². The Morgan fingerprint density at radius 3 is 2.34 bits per heavy atom. The molecule has 2 rings (SSSR count). The summed E-state index contributed by atoms with van der Waals surface area (Å²) in [6.45, 7) is 12.6. The van der Waals surface area contributed by atoms with Gasteiger partial charge in [0.05, 0.1) is 19.1 Å². The van der Waals surface area contributed by atoms with Gasteiger partial charge in [0, 0.05) is 18.8 Å². The van der Waals surface area contributed by atoms with Crippen LogP contribution in [0.1, 0.15) is 79.2 Å². The molecule has 0 spiro atoms. The fourth-order valence-electron chi connectivity index (χ4n) is 4.62. The van der Waals surface area contributed by atoms with Gasteiger partial charge in [0.1, 0.15) is 6.04 Å². The van der Waals surface area contributed by atoms with Gasteiger partial charge in [0.15, 0.2) is 0 Å². The highest BCUT2D eigenvalue weighted by molar-refractivity contribution is 5.88. The van der Waals surface area contributed by atoms with Crippen LogP contribution in [0.4, 0.5) is 0 Å². The van der Waals surface area contributed by atoms with E-state index < -0.39 is 17.9 Å². The maximum atomic E-state index is 13.3. The molecule has 0 fully saturated rings. The molecule has 0 saturated carbocycles. The number of hydroxylamine groups is 2. The average molecular weight is 488 g/mol. The molecule has 8 nitrogen and oxygen atoms in total. The summed E-state index contributed by atoms with van der Waals surface area (Å²) in [6, 6.07) is 0.988. The van der Waals surface area contributed by atoms with Gasteiger partial charge in [-0.05, 0) is 89.1 Å². The molecule has 1 aromatic heterocycles. The molecule has 0 bridgehead atoms. The molecule has 1 heterocycles. The molecule has 1 aliphatic rings. The van der Waals surface area contributed by atoms with E-state index in [9.17, 15) is 14.4 Å². The van der Waals surface area contributed by atoms with E-state index in [1.807, 2.05) is 0 Å². The minimum Gasteiger partial charge on any atom is -0.472 e. The number of allylic oxidation sites excluding steroid dienone is 4. The summed E-state index contributed by atoms with van der Waals surface area (Å²) in [5, 5.41) is 3.95. The van der Waals surface area contributed by atoms with Crippen LogP contribution in [0.3, 0.4) is 0 Å². The van der Waals surface area contributed by atoms with Gasteiger partial charge < -0.3 is 20.3 Å². The van der Waals surface area contributed by atoms with Crippen LogP contribution in [-0.2, 0) is 25.6 Å². The molecule has 194 valence electrons. The van der Waals surface area contributed by atoms with Gasteiger partial charge in [-0.25, -0.2) is 0 Å². The van der Waals surface area contributed by atoms with Crippen molar-refractivity contribution in [3.8, 4) is 0 Å². The molecule has 0 aliphatic heterocycles. The monoisotopic (exact) mass is 487 g/mol. The van der Waals surface area contributed by atoms with Gasteiger partial charge in [-0.3, -0.25) is 14.4 Å². The fourth-order valence-corrected chi connectivity index (χ4v) is 4.62. The number of hydrogen-bond donors (Lipinski definition) is 2. The molecular weight excluding hydrogens is 446 g/mol. The summed E-state index contributed by atoms with van der Waals surface area (Å²) in [5.41, 5.74) is 11.5. The van der Waals surface area contributed by atoms with Crippen molar-refractivity contribution in [1.82, 2.24) is 10.4 Å². The molecule has 35 heavy (non-hydrogen) atoms. The minimum atomic E-state index is -0.800. The molecule has 0 radical (unpaired) electrons. The lowest BCUT2D eigenvalue weighted by Gasteiger charge is -2.30. The van der Waals surface area contributed by atoms with Crippen molar-refractivity contribution in [3.63, 3.8) is 0 Å². The van der Waals surface area contributed by atoms with Crippen molar-refractivity contribution in [2.75, 3.05) is 13.1 Å². The Labute approximate surface area is 208 Å². The first kappa shape index (κ1) is 28.4. The first-order valence-corrected chi connectivity index (χ1v) is 12.4. The number of hydrogen-bond acceptors (Lipinski definition) is 6. The SMILES string of the molecule is CC(=O)ON(CCc1ccoc1)C(=O)C(CCCCN)NC(=O)CCC1(C)C(C)=C(C)C(C)=C1C. The number of furan rings is 1. The standard InChI is InChI=1S/C27H41N3O5/c1-18-19(2)21(4)27(6,20(18)3)13-10-25(32)29-24(9-7-8-14-28)26(33)30(35-22(5)31)15-11-23-12-16-34-17-23/h12,16-17,24H,7-11,13-15,28H2,1-6H3,(H,29,32). The number of rotatable bonds is 12. The van der Waals surface area contributed by atoms with Crippen molar-refractivity contribution < 1.29 is 23.6 Å². The molecule has 0 saturated heterocycles. The summed E-state index contributed by atoms with van der Waals surface area (Å²) >= 11 is 0. The lowest BCUT2D eigenvalue weighted by molar-refractivity contribution is -0.197. The highest BCUT2D eigenvalue weighted by Gasteiger charge is 2.36. The largest absolute Gasteiger partial charge is 0.472 e. The quantitative estimate of drug-likeness (QED) is 0.337. The van der Waals surface area contributed by atoms with E-state index in [0.29, 0.717) is 32.2 Å². The molecule has 1 aromatic rings. The first-order chi connectivity index (χ1) is 16.5. The number of amides is 2. The zero-order chi connectivity index (χ0) is 26.2. The van der Waals surface area contributed by atoms with Gasteiger partial charge in [0.25, 0.3) is 5.91 Å². The van der Waals surface area contributed by atoms with E-state index >= 15 is 0 Å². The predicted octanol–water partition coefficient (Wildman–Crippen LogP) is 4.22. The number of nitrogens with zero attached hydrogens (tertiary/aromatic N) is 1. The molecule has 8 heteroatoms. The van der Waals surface area contributed by atoms with Crippen molar-refractivity contribution in [2.45, 2.75) is 86.1 Å². The molecule has 1 aliphatic carbocycles. The summed E-state index contributed by atoms with van der Waals surface area (Å²) in [4.78, 5) is 43.2. The van der Waals surface area contributed by atoms with Crippen molar-refractivity contribution in [3.05, 3.63) is 46.4 Å². The van der Waals surface area contributed by atoms with E-state index in [2.05, 4.69) is 39.9 Å². The Morgan fingerprint density at radius 1 is 1.14 bits per heavy atom. The van der Waals surface area contributed by atoms with Crippen LogP contribution in [0.5, 0.6) is 0 Å². The Balaban J connectivity index is 2.09. The normalized spacial score (nSPS) is 15.9. The highest BCUT2D eigenvalue weighted by Crippen LogP contribution is 2.49. The lowest BCUT2D eigenvalue weighted by atomic mass is 9.75. The predicted molar refractivity (Wildman–Crippen MR) is 135 cm³/mol. The van der Waals surface area contributed by atoms with Crippen LogP contribution < -0.4 is 11.1 Å². The van der Waals surface area contributed by atoms with Gasteiger partial charge in [0.2, 0.25) is 5.91 Å². The van der Waals surface area contributed by atoms with Crippen LogP contribution in [0.2, 0.25) is 0 Å². The average Bonchev–Trinajstić information content (AvgIpc) is 3.39. The van der Waals surface area contributed by atoms with Crippen LogP contribution in [-0.4, -0.2) is 42.0 Å². The fraction of sp³-hybridized carbons (Fsp3) is 0.593. The summed E-state index contributed by atoms with van der Waals surface area (Å²) in [7, 11) is 0. The molecule has 1 atom stereocenters. The Kier molecular flexibility index (Phi) is 10.3. The van der Waals surface area contributed by atoms with Gasteiger partial charge >= 0.3 is 5.97 Å². The summed E-state index contributed by atoms with van der Waals surface area (Å²) in [6.07, 6.45) is 6.33. The Hall–Kier alpha value is -2.87. The number of nitrogens with one attached hydrogen (secondary N) is 1. The summed E-state index contributed by atoms with van der Waals surface area (Å²) < 4.78 is 5.07. The maximum absolute atomic E-state index is 13.3. The van der Waals surface area contributed by atoms with Crippen LogP contribution >= 0.6 is 0 Å². The van der Waals surface area contributed by atoms with E-state index in [1.54, 1.807) is 18.6 Å². The third-order valence-corrected chi connectivity index (χ3v) is 7.44. The van der Waals surface area contributed by atoms with E-state index in [-0.39, 0.29) is 24.3 Å². The molecule has 1 unspecified atom stereocenters.